The predicted octanol–water partition coefficient (Wildman–Crippen LogP) is 3.02. The summed E-state index contributed by atoms with van der Waals surface area (Å²) >= 11 is 0. The number of carbonyl (C=O) groups is 4. The predicted molar refractivity (Wildman–Crippen MR) is 126 cm³/mol. The molecule has 0 aromatic heterocycles. The minimum atomic E-state index is -4.53. The van der Waals surface area contributed by atoms with Gasteiger partial charge in [0.05, 0.1) is 18.2 Å². The van der Waals surface area contributed by atoms with Crippen LogP contribution in [-0.4, -0.2) is 65.3 Å². The molecule has 2 aromatic carbocycles. The minimum Gasteiger partial charge on any atom is -0.448 e. The molecule has 3 amide bonds. The van der Waals surface area contributed by atoms with Gasteiger partial charge in [-0.1, -0.05) is 54.6 Å². The molecule has 0 spiro atoms. The van der Waals surface area contributed by atoms with Gasteiger partial charge in [-0.3, -0.25) is 14.5 Å². The largest absolute Gasteiger partial charge is 0.448 e. The molecule has 11 heteroatoms. The number of nitrogens with one attached hydrogen (secondary N) is 1. The molecule has 1 N–H and O–H groups in total. The minimum absolute atomic E-state index is 0.132. The number of nitrogens with zero attached hydrogens (tertiary/aromatic N) is 2. The maximum absolute atomic E-state index is 13.2. The summed E-state index contributed by atoms with van der Waals surface area (Å²) in [5, 5.41) is 2.53. The standard InChI is InChI=1S/C26H24F3N3O5/c27-26(28,29)19-8-4-7-18(15-19)16-30-23(34)21(11-13-33)32-20(10-9-17-5-2-1-3-6-17)22(24(32)35)31-12-14-37-25(31)36/h1-10,13,15,20-22H,11-12,14,16H2,(H,30,34)/b10-9+/t20?,21-,22?/m1/s1. The number of rotatable bonds is 9. The molecule has 2 aliphatic heterocycles. The molecule has 2 aliphatic rings. The van der Waals surface area contributed by atoms with Gasteiger partial charge in [-0.15, -0.1) is 0 Å². The molecule has 0 saturated carbocycles. The fourth-order valence-corrected chi connectivity index (χ4v) is 4.43. The van der Waals surface area contributed by atoms with Crippen LogP contribution in [-0.2, 0) is 31.8 Å². The van der Waals surface area contributed by atoms with E-state index < -0.39 is 47.8 Å². The van der Waals surface area contributed by atoms with E-state index in [1.54, 1.807) is 12.2 Å². The molecule has 0 radical (unpaired) electrons. The number of alkyl halides is 3. The summed E-state index contributed by atoms with van der Waals surface area (Å²) in [5.74, 6) is -1.22. The van der Waals surface area contributed by atoms with Gasteiger partial charge < -0.3 is 19.7 Å². The number of carbonyl (C=O) groups excluding carboxylic acids is 4. The summed E-state index contributed by atoms with van der Waals surface area (Å²) in [6.45, 7) is 0.109. The summed E-state index contributed by atoms with van der Waals surface area (Å²) in [6, 6.07) is 10.8. The zero-order chi connectivity index (χ0) is 26.6. The van der Waals surface area contributed by atoms with Gasteiger partial charge in [0.25, 0.3) is 0 Å². The molecule has 0 aliphatic carbocycles. The van der Waals surface area contributed by atoms with E-state index in [-0.39, 0.29) is 31.7 Å². The lowest BCUT2D eigenvalue weighted by Crippen LogP contribution is -2.74. The van der Waals surface area contributed by atoms with Gasteiger partial charge in [0.1, 0.15) is 25.0 Å². The highest BCUT2D eigenvalue weighted by molar-refractivity contribution is 5.98. The molecular weight excluding hydrogens is 491 g/mol. The zero-order valence-corrected chi connectivity index (χ0v) is 19.6. The third kappa shape index (κ3) is 5.65. The van der Waals surface area contributed by atoms with Crippen molar-refractivity contribution in [1.29, 1.82) is 0 Å². The van der Waals surface area contributed by atoms with Crippen molar-refractivity contribution >= 4 is 30.3 Å². The number of likely N-dealkylation sites (tertiary alicyclic amines) is 1. The summed E-state index contributed by atoms with van der Waals surface area (Å²) in [4.78, 5) is 52.4. The summed E-state index contributed by atoms with van der Waals surface area (Å²) in [7, 11) is 0. The second kappa shape index (κ2) is 10.9. The van der Waals surface area contributed by atoms with E-state index in [9.17, 15) is 32.3 Å². The second-order valence-electron chi connectivity index (χ2n) is 8.59. The molecule has 2 unspecified atom stereocenters. The molecule has 2 fully saturated rings. The van der Waals surface area contributed by atoms with Crippen molar-refractivity contribution in [3.05, 3.63) is 77.4 Å². The van der Waals surface area contributed by atoms with E-state index in [1.165, 1.54) is 21.9 Å². The Morgan fingerprint density at radius 1 is 1.14 bits per heavy atom. The number of aldehydes is 1. The Balaban J connectivity index is 1.54. The van der Waals surface area contributed by atoms with Crippen LogP contribution in [0.3, 0.4) is 0 Å². The number of hydrogen-bond donors (Lipinski definition) is 1. The molecule has 2 aromatic rings. The molecule has 0 bridgehead atoms. The smallest absolute Gasteiger partial charge is 0.416 e. The molecular formula is C26H24F3N3O5. The number of halogens is 3. The van der Waals surface area contributed by atoms with Crippen LogP contribution >= 0.6 is 0 Å². The van der Waals surface area contributed by atoms with Gasteiger partial charge in [-0.25, -0.2) is 4.79 Å². The molecule has 194 valence electrons. The zero-order valence-electron chi connectivity index (χ0n) is 19.6. The Labute approximate surface area is 210 Å². The molecule has 8 nitrogen and oxygen atoms in total. The van der Waals surface area contributed by atoms with Crippen LogP contribution in [0.4, 0.5) is 18.0 Å². The van der Waals surface area contributed by atoms with Crippen LogP contribution in [0, 0.1) is 0 Å². The van der Waals surface area contributed by atoms with Gasteiger partial charge >= 0.3 is 12.3 Å². The molecule has 37 heavy (non-hydrogen) atoms. The van der Waals surface area contributed by atoms with Crippen molar-refractivity contribution in [2.75, 3.05) is 13.2 Å². The van der Waals surface area contributed by atoms with Crippen molar-refractivity contribution in [2.45, 2.75) is 37.3 Å². The monoisotopic (exact) mass is 515 g/mol. The van der Waals surface area contributed by atoms with Crippen molar-refractivity contribution in [3.63, 3.8) is 0 Å². The van der Waals surface area contributed by atoms with E-state index in [2.05, 4.69) is 5.32 Å². The lowest BCUT2D eigenvalue weighted by Gasteiger charge is -2.51. The van der Waals surface area contributed by atoms with Gasteiger partial charge in [0, 0.05) is 13.0 Å². The van der Waals surface area contributed by atoms with Crippen molar-refractivity contribution in [3.8, 4) is 0 Å². The van der Waals surface area contributed by atoms with E-state index in [0.29, 0.717) is 6.29 Å². The van der Waals surface area contributed by atoms with Crippen LogP contribution < -0.4 is 5.32 Å². The topological polar surface area (TPSA) is 96.0 Å². The Bertz CT molecular complexity index is 1200. The first-order valence-electron chi connectivity index (χ1n) is 11.6. The second-order valence-corrected chi connectivity index (χ2v) is 8.59. The maximum atomic E-state index is 13.2. The van der Waals surface area contributed by atoms with E-state index in [1.807, 2.05) is 30.3 Å². The molecule has 3 atom stereocenters. The third-order valence-corrected chi connectivity index (χ3v) is 6.24. The number of cyclic esters (lactones) is 1. The quantitative estimate of drug-likeness (QED) is 0.409. The number of hydrogen-bond acceptors (Lipinski definition) is 5. The first-order chi connectivity index (χ1) is 17.7. The van der Waals surface area contributed by atoms with Crippen molar-refractivity contribution < 1.29 is 37.1 Å². The highest BCUT2D eigenvalue weighted by atomic mass is 19.4. The molecule has 2 heterocycles. The summed E-state index contributed by atoms with van der Waals surface area (Å²) < 4.78 is 44.0. The fourth-order valence-electron chi connectivity index (χ4n) is 4.43. The molecule has 2 saturated heterocycles. The number of benzene rings is 2. The van der Waals surface area contributed by atoms with Gasteiger partial charge in [0.15, 0.2) is 0 Å². The number of β-lactam (4-membered cyclic amide) rings is 1. The molecule has 4 rings (SSSR count). The van der Waals surface area contributed by atoms with E-state index in [0.717, 1.165) is 17.7 Å². The van der Waals surface area contributed by atoms with Crippen LogP contribution in [0.5, 0.6) is 0 Å². The van der Waals surface area contributed by atoms with Crippen LogP contribution in [0.1, 0.15) is 23.1 Å². The van der Waals surface area contributed by atoms with Gasteiger partial charge in [-0.05, 0) is 23.3 Å². The highest BCUT2D eigenvalue weighted by Crippen LogP contribution is 2.32. The van der Waals surface area contributed by atoms with E-state index in [4.69, 9.17) is 4.74 Å². The Hall–Kier alpha value is -4.15. The Morgan fingerprint density at radius 2 is 1.89 bits per heavy atom. The van der Waals surface area contributed by atoms with Crippen molar-refractivity contribution in [1.82, 2.24) is 15.1 Å². The van der Waals surface area contributed by atoms with Crippen molar-refractivity contribution in [2.24, 2.45) is 0 Å². The van der Waals surface area contributed by atoms with Crippen LogP contribution in [0.25, 0.3) is 6.08 Å². The highest BCUT2D eigenvalue weighted by Gasteiger charge is 2.55. The summed E-state index contributed by atoms with van der Waals surface area (Å²) in [5.41, 5.74) is 0.180. The lowest BCUT2D eigenvalue weighted by molar-refractivity contribution is -0.162. The average Bonchev–Trinajstić information content (AvgIpc) is 3.29. The first-order valence-corrected chi connectivity index (χ1v) is 11.6. The number of ether oxygens (including phenoxy) is 1. The average molecular weight is 515 g/mol. The van der Waals surface area contributed by atoms with Crippen LogP contribution in [0.2, 0.25) is 0 Å². The normalized spacial score (nSPS) is 20.5. The SMILES string of the molecule is O=CC[C@H](C(=O)NCc1cccc(C(F)(F)F)c1)N1C(=O)C(N2CCOC2=O)C1/C=C/c1ccccc1. The third-order valence-electron chi connectivity index (χ3n) is 6.24. The fraction of sp³-hybridized carbons (Fsp3) is 0.308. The Kier molecular flexibility index (Phi) is 7.61. The number of amides is 3. The maximum Gasteiger partial charge on any atom is 0.416 e. The van der Waals surface area contributed by atoms with Gasteiger partial charge in [-0.2, -0.15) is 13.2 Å². The lowest BCUT2D eigenvalue weighted by atomic mass is 9.89. The summed E-state index contributed by atoms with van der Waals surface area (Å²) in [6.07, 6.45) is -1.57. The first kappa shape index (κ1) is 25.9. The van der Waals surface area contributed by atoms with Crippen LogP contribution in [0.15, 0.2) is 60.7 Å². The van der Waals surface area contributed by atoms with E-state index >= 15 is 0 Å². The van der Waals surface area contributed by atoms with Gasteiger partial charge in [0.2, 0.25) is 11.8 Å². The Morgan fingerprint density at radius 3 is 2.54 bits per heavy atom.